The first-order valence-electron chi connectivity index (χ1n) is 12.9. The second-order valence-corrected chi connectivity index (χ2v) is 12.2. The molecule has 0 fully saturated rings. The van der Waals surface area contributed by atoms with Crippen LogP contribution in [0.2, 0.25) is 0 Å². The Balaban J connectivity index is 1.75. The summed E-state index contributed by atoms with van der Waals surface area (Å²) in [5.74, 6) is -1.35. The number of anilines is 1. The van der Waals surface area contributed by atoms with Crippen LogP contribution in [0.3, 0.4) is 0 Å². The topological polar surface area (TPSA) is 120 Å². The number of ether oxygens (including phenoxy) is 2. The van der Waals surface area contributed by atoms with Gasteiger partial charge in [-0.1, -0.05) is 54.6 Å². The minimum absolute atomic E-state index is 0.125. The normalized spacial score (nSPS) is 13.7. The third kappa shape index (κ3) is 7.92. The summed E-state index contributed by atoms with van der Waals surface area (Å²) in [6, 6.07) is 17.2. The van der Waals surface area contributed by atoms with Gasteiger partial charge in [0.2, 0.25) is 18.3 Å². The van der Waals surface area contributed by atoms with Crippen molar-refractivity contribution in [1.82, 2.24) is 15.3 Å². The average Bonchev–Trinajstić information content (AvgIpc) is 2.94. The second kappa shape index (κ2) is 12.7. The molecule has 4 rings (SSSR count). The van der Waals surface area contributed by atoms with E-state index in [0.717, 1.165) is 0 Å². The van der Waals surface area contributed by atoms with Gasteiger partial charge in [0.05, 0.1) is 21.5 Å². The van der Waals surface area contributed by atoms with Crippen LogP contribution in [0.4, 0.5) is 19.0 Å². The minimum atomic E-state index is -4.95. The lowest BCUT2D eigenvalue weighted by Gasteiger charge is -2.28. The maximum Gasteiger partial charge on any atom is 0.429 e. The maximum absolute atomic E-state index is 14.4. The van der Waals surface area contributed by atoms with E-state index in [0.29, 0.717) is 12.0 Å². The molecule has 14 heteroatoms. The van der Waals surface area contributed by atoms with Crippen molar-refractivity contribution in [3.63, 3.8) is 0 Å². The Morgan fingerprint density at radius 2 is 1.49 bits per heavy atom. The molecule has 2 unspecified atom stereocenters. The molecule has 0 radical (unpaired) electrons. The van der Waals surface area contributed by atoms with Gasteiger partial charge in [-0.05, 0) is 44.5 Å². The number of amides is 1. The van der Waals surface area contributed by atoms with E-state index in [1.165, 1.54) is 54.6 Å². The summed E-state index contributed by atoms with van der Waals surface area (Å²) >= 11 is 5.92. The van der Waals surface area contributed by atoms with Crippen LogP contribution in [-0.4, -0.2) is 36.6 Å². The lowest BCUT2D eigenvalue weighted by Crippen LogP contribution is -2.31. The van der Waals surface area contributed by atoms with Gasteiger partial charge < -0.3 is 14.8 Å². The molecule has 3 aromatic carbocycles. The summed E-state index contributed by atoms with van der Waals surface area (Å²) in [6.45, 7) is 5.29. The first-order chi connectivity index (χ1) is 20.2. The molecule has 1 amide bonds. The zero-order valence-corrected chi connectivity index (χ0v) is 24.8. The number of para-hydroxylation sites is 2. The maximum atomic E-state index is 14.4. The van der Waals surface area contributed by atoms with Crippen molar-refractivity contribution in [1.29, 1.82) is 0 Å². The monoisotopic (exact) mass is 636 g/mol. The molecule has 43 heavy (non-hydrogen) atoms. The standard InChI is InChI=1S/C29H28ClF3N4O5S/c1-28(2,3)42-26(34-17-38)19-14-12-18(13-15-19)24(29(31,32)33)41-27-25(35-21-9-5-6-10-22(21)36-27)37-43(39,40)23-11-7-4-8-20(23)16-30/h4-15,17,24,26H,16H2,1-3H3,(H,34,38)(H,35,37). The van der Waals surface area contributed by atoms with Crippen molar-refractivity contribution in [2.75, 3.05) is 4.72 Å². The van der Waals surface area contributed by atoms with Gasteiger partial charge >= 0.3 is 6.18 Å². The SMILES string of the molecule is CC(C)(C)OC(NC=O)c1ccc(C(Oc2nc3ccccc3nc2NS(=O)(=O)c2ccccc2CCl)C(F)(F)F)cc1. The zero-order valence-electron chi connectivity index (χ0n) is 23.2. The molecule has 4 aromatic rings. The Morgan fingerprint density at radius 1 is 0.907 bits per heavy atom. The third-order valence-electron chi connectivity index (χ3n) is 5.94. The number of rotatable bonds is 11. The number of benzene rings is 3. The predicted molar refractivity (Wildman–Crippen MR) is 155 cm³/mol. The number of sulfonamides is 1. The zero-order chi connectivity index (χ0) is 31.4. The summed E-state index contributed by atoms with van der Waals surface area (Å²) < 4.78 is 83.4. The summed E-state index contributed by atoms with van der Waals surface area (Å²) in [7, 11) is -4.37. The number of carbonyl (C=O) groups is 1. The smallest absolute Gasteiger partial charge is 0.429 e. The number of hydrogen-bond acceptors (Lipinski definition) is 7. The highest BCUT2D eigenvalue weighted by atomic mass is 35.5. The number of alkyl halides is 4. The molecule has 0 saturated carbocycles. The number of carbonyl (C=O) groups excluding carboxylic acids is 1. The molecule has 0 aliphatic rings. The van der Waals surface area contributed by atoms with E-state index in [4.69, 9.17) is 21.1 Å². The lowest BCUT2D eigenvalue weighted by molar-refractivity contribution is -0.198. The second-order valence-electron chi connectivity index (χ2n) is 10.3. The van der Waals surface area contributed by atoms with Crippen molar-refractivity contribution < 1.29 is 35.9 Å². The fourth-order valence-corrected chi connectivity index (χ4v) is 5.64. The number of nitrogens with zero attached hydrogens (tertiary/aromatic N) is 2. The lowest BCUT2D eigenvalue weighted by atomic mass is 10.0. The van der Waals surface area contributed by atoms with Crippen LogP contribution >= 0.6 is 11.6 Å². The van der Waals surface area contributed by atoms with Crippen LogP contribution in [0.15, 0.2) is 77.7 Å². The van der Waals surface area contributed by atoms with E-state index < -0.39 is 45.8 Å². The van der Waals surface area contributed by atoms with Crippen molar-refractivity contribution >= 4 is 44.9 Å². The van der Waals surface area contributed by atoms with Crippen LogP contribution < -0.4 is 14.8 Å². The van der Waals surface area contributed by atoms with Crippen molar-refractivity contribution in [2.24, 2.45) is 0 Å². The van der Waals surface area contributed by atoms with Gasteiger partial charge in [0, 0.05) is 17.0 Å². The molecule has 1 aromatic heterocycles. The molecule has 0 aliphatic carbocycles. The first-order valence-corrected chi connectivity index (χ1v) is 14.9. The molecule has 1 heterocycles. The van der Waals surface area contributed by atoms with Crippen LogP contribution in [0, 0.1) is 0 Å². The molecular weight excluding hydrogens is 609 g/mol. The van der Waals surface area contributed by atoms with Crippen molar-refractivity contribution in [2.45, 2.75) is 55.7 Å². The van der Waals surface area contributed by atoms with E-state index in [9.17, 15) is 26.4 Å². The van der Waals surface area contributed by atoms with E-state index in [-0.39, 0.29) is 32.9 Å². The van der Waals surface area contributed by atoms with Crippen LogP contribution in [0.1, 0.15) is 49.8 Å². The highest BCUT2D eigenvalue weighted by molar-refractivity contribution is 7.92. The summed E-state index contributed by atoms with van der Waals surface area (Å²) in [4.78, 5) is 19.3. The highest BCUT2D eigenvalue weighted by Gasteiger charge is 2.44. The molecule has 9 nitrogen and oxygen atoms in total. The summed E-state index contributed by atoms with van der Waals surface area (Å²) in [5, 5.41) is 2.49. The Kier molecular flexibility index (Phi) is 9.47. The van der Waals surface area contributed by atoms with Gasteiger partial charge in [0.25, 0.3) is 15.9 Å². The molecule has 2 N–H and O–H groups in total. The van der Waals surface area contributed by atoms with Crippen LogP contribution in [0.25, 0.3) is 11.0 Å². The average molecular weight is 637 g/mol. The molecular formula is C29H28ClF3N4O5S. The molecule has 0 spiro atoms. The molecule has 0 saturated heterocycles. The number of fused-ring (bicyclic) bond motifs is 1. The predicted octanol–water partition coefficient (Wildman–Crippen LogP) is 6.41. The van der Waals surface area contributed by atoms with E-state index in [1.807, 2.05) is 0 Å². The van der Waals surface area contributed by atoms with Crippen LogP contribution in [0.5, 0.6) is 5.88 Å². The molecule has 2 atom stereocenters. The highest BCUT2D eigenvalue weighted by Crippen LogP contribution is 2.39. The Morgan fingerprint density at radius 3 is 2.07 bits per heavy atom. The Labute approximate surface area is 251 Å². The number of nitrogens with one attached hydrogen (secondary N) is 2. The van der Waals surface area contributed by atoms with Gasteiger partial charge in [-0.15, -0.1) is 11.6 Å². The third-order valence-corrected chi connectivity index (χ3v) is 7.66. The quantitative estimate of drug-likeness (QED) is 0.111. The summed E-state index contributed by atoms with van der Waals surface area (Å²) in [6.07, 6.45) is -7.99. The van der Waals surface area contributed by atoms with Gasteiger partial charge in [-0.2, -0.15) is 13.2 Å². The van der Waals surface area contributed by atoms with E-state index in [1.54, 1.807) is 39.0 Å². The number of hydrogen-bond donors (Lipinski definition) is 2. The van der Waals surface area contributed by atoms with Crippen LogP contribution in [-0.2, 0) is 25.4 Å². The minimum Gasteiger partial charge on any atom is -0.457 e. The van der Waals surface area contributed by atoms with Gasteiger partial charge in [-0.3, -0.25) is 9.52 Å². The molecule has 0 bridgehead atoms. The van der Waals surface area contributed by atoms with Crippen molar-refractivity contribution in [3.8, 4) is 5.88 Å². The first kappa shape index (κ1) is 32.0. The fraction of sp³-hybridized carbons (Fsp3) is 0.276. The Hall–Kier alpha value is -3.94. The summed E-state index contributed by atoms with van der Waals surface area (Å²) in [5.41, 5.74) is 0.0917. The fourth-order valence-electron chi connectivity index (χ4n) is 4.09. The number of halogens is 4. The van der Waals surface area contributed by atoms with Crippen molar-refractivity contribution in [3.05, 3.63) is 89.5 Å². The van der Waals surface area contributed by atoms with E-state index >= 15 is 0 Å². The van der Waals surface area contributed by atoms with Gasteiger partial charge in [0.1, 0.15) is 0 Å². The van der Waals surface area contributed by atoms with Gasteiger partial charge in [0.15, 0.2) is 6.23 Å². The van der Waals surface area contributed by atoms with Gasteiger partial charge in [-0.25, -0.2) is 18.4 Å². The largest absolute Gasteiger partial charge is 0.457 e. The van der Waals surface area contributed by atoms with E-state index in [2.05, 4.69) is 20.0 Å². The Bertz CT molecular complexity index is 1700. The molecule has 0 aliphatic heterocycles. The molecule has 228 valence electrons. The number of aromatic nitrogens is 2.